The zero-order valence-electron chi connectivity index (χ0n) is 13.5. The Hall–Kier alpha value is -2.22. The SMILES string of the molecule is Cc1noc(COC(=O)c2cc3c(C)nn(CC(C)C)c3s2)n1. The standard InChI is InChI=1S/C15H18N4O3S/c1-8(2)6-19-14-11(9(3)17-19)5-12(23-14)15(20)21-7-13-16-10(4)18-22-13/h5,8H,6-7H2,1-4H3. The van der Waals surface area contributed by atoms with E-state index in [4.69, 9.17) is 9.26 Å². The molecule has 122 valence electrons. The van der Waals surface area contributed by atoms with E-state index in [1.807, 2.05) is 17.7 Å². The lowest BCUT2D eigenvalue weighted by Crippen LogP contribution is -2.06. The summed E-state index contributed by atoms with van der Waals surface area (Å²) in [5.74, 6) is 0.898. The Kier molecular flexibility index (Phi) is 4.16. The summed E-state index contributed by atoms with van der Waals surface area (Å²) in [5, 5.41) is 9.18. The highest BCUT2D eigenvalue weighted by atomic mass is 32.1. The van der Waals surface area contributed by atoms with Gasteiger partial charge in [0.2, 0.25) is 0 Å². The van der Waals surface area contributed by atoms with Crippen LogP contribution in [-0.2, 0) is 17.9 Å². The molecule has 3 heterocycles. The minimum absolute atomic E-state index is 0.0228. The van der Waals surface area contributed by atoms with Crippen LogP contribution in [0, 0.1) is 19.8 Å². The van der Waals surface area contributed by atoms with E-state index in [1.54, 1.807) is 6.92 Å². The van der Waals surface area contributed by atoms with Crippen molar-refractivity contribution < 1.29 is 14.1 Å². The largest absolute Gasteiger partial charge is 0.451 e. The van der Waals surface area contributed by atoms with Gasteiger partial charge in [-0.2, -0.15) is 10.1 Å². The number of fused-ring (bicyclic) bond motifs is 1. The molecule has 0 aliphatic heterocycles. The molecule has 3 rings (SSSR count). The van der Waals surface area contributed by atoms with Gasteiger partial charge in [-0.15, -0.1) is 11.3 Å². The summed E-state index contributed by atoms with van der Waals surface area (Å²) in [7, 11) is 0. The van der Waals surface area contributed by atoms with Crippen LogP contribution in [0.25, 0.3) is 10.2 Å². The number of hydrogen-bond acceptors (Lipinski definition) is 7. The Bertz CT molecular complexity index is 846. The summed E-state index contributed by atoms with van der Waals surface area (Å²) in [4.78, 5) is 17.8. The van der Waals surface area contributed by atoms with Crippen molar-refractivity contribution in [1.82, 2.24) is 19.9 Å². The van der Waals surface area contributed by atoms with E-state index in [9.17, 15) is 4.79 Å². The smallest absolute Gasteiger partial charge is 0.348 e. The van der Waals surface area contributed by atoms with Gasteiger partial charge in [-0.05, 0) is 25.8 Å². The van der Waals surface area contributed by atoms with Crippen molar-refractivity contribution in [3.8, 4) is 0 Å². The van der Waals surface area contributed by atoms with Gasteiger partial charge in [0.25, 0.3) is 5.89 Å². The van der Waals surface area contributed by atoms with Crippen molar-refractivity contribution in [3.63, 3.8) is 0 Å². The number of esters is 1. The normalized spacial score (nSPS) is 11.5. The molecular formula is C15H18N4O3S. The molecule has 7 nitrogen and oxygen atoms in total. The number of ether oxygens (including phenoxy) is 1. The predicted octanol–water partition coefficient (Wildman–Crippen LogP) is 3.11. The highest BCUT2D eigenvalue weighted by Crippen LogP contribution is 2.29. The van der Waals surface area contributed by atoms with Crippen molar-refractivity contribution in [1.29, 1.82) is 0 Å². The summed E-state index contributed by atoms with van der Waals surface area (Å²) >= 11 is 1.39. The number of aryl methyl sites for hydroxylation is 2. The third kappa shape index (κ3) is 3.26. The Balaban J connectivity index is 1.78. The number of hydrogen-bond donors (Lipinski definition) is 0. The second-order valence-electron chi connectivity index (χ2n) is 5.80. The van der Waals surface area contributed by atoms with Crippen LogP contribution in [0.15, 0.2) is 10.6 Å². The molecule has 0 saturated heterocycles. The predicted molar refractivity (Wildman–Crippen MR) is 85.3 cm³/mol. The number of rotatable bonds is 5. The summed E-state index contributed by atoms with van der Waals surface area (Å²) < 4.78 is 12.1. The number of nitrogens with zero attached hydrogens (tertiary/aromatic N) is 4. The van der Waals surface area contributed by atoms with Crippen LogP contribution in [0.5, 0.6) is 0 Å². The number of carbonyl (C=O) groups excluding carboxylic acids is 1. The van der Waals surface area contributed by atoms with E-state index < -0.39 is 5.97 Å². The molecule has 3 aromatic heterocycles. The van der Waals surface area contributed by atoms with Crippen molar-refractivity contribution in [2.45, 2.75) is 40.8 Å². The molecule has 0 N–H and O–H groups in total. The van der Waals surface area contributed by atoms with Crippen molar-refractivity contribution in [3.05, 3.63) is 28.4 Å². The van der Waals surface area contributed by atoms with Gasteiger partial charge in [-0.25, -0.2) is 4.79 Å². The Morgan fingerprint density at radius 1 is 1.43 bits per heavy atom. The summed E-state index contributed by atoms with van der Waals surface area (Å²) in [5.41, 5.74) is 0.920. The first-order valence-corrected chi connectivity index (χ1v) is 8.19. The molecule has 0 unspecified atom stereocenters. The quantitative estimate of drug-likeness (QED) is 0.667. The van der Waals surface area contributed by atoms with Crippen LogP contribution in [0.3, 0.4) is 0 Å². The molecule has 8 heteroatoms. The molecule has 0 fully saturated rings. The van der Waals surface area contributed by atoms with E-state index in [0.29, 0.717) is 22.5 Å². The molecule has 0 bridgehead atoms. The Morgan fingerprint density at radius 2 is 2.22 bits per heavy atom. The topological polar surface area (TPSA) is 83.0 Å². The molecule has 23 heavy (non-hydrogen) atoms. The first kappa shape index (κ1) is 15.7. The van der Waals surface area contributed by atoms with Crippen LogP contribution in [-0.4, -0.2) is 25.9 Å². The van der Waals surface area contributed by atoms with E-state index in [0.717, 1.165) is 22.5 Å². The Morgan fingerprint density at radius 3 is 2.87 bits per heavy atom. The van der Waals surface area contributed by atoms with Gasteiger partial charge >= 0.3 is 5.97 Å². The molecule has 0 aromatic carbocycles. The summed E-state index contributed by atoms with van der Waals surface area (Å²) in [6.07, 6.45) is 0. The van der Waals surface area contributed by atoms with Crippen LogP contribution in [0.4, 0.5) is 0 Å². The highest BCUT2D eigenvalue weighted by molar-refractivity contribution is 7.20. The molecule has 0 aliphatic rings. The maximum absolute atomic E-state index is 12.2. The molecule has 0 amide bonds. The first-order chi connectivity index (χ1) is 10.9. The average Bonchev–Trinajstić information content (AvgIpc) is 3.15. The lowest BCUT2D eigenvalue weighted by molar-refractivity contribution is 0.0435. The second kappa shape index (κ2) is 6.11. The van der Waals surface area contributed by atoms with Crippen LogP contribution < -0.4 is 0 Å². The van der Waals surface area contributed by atoms with Crippen LogP contribution in [0.2, 0.25) is 0 Å². The molecular weight excluding hydrogens is 316 g/mol. The van der Waals surface area contributed by atoms with Gasteiger partial charge in [0, 0.05) is 11.9 Å². The molecule has 0 saturated carbocycles. The van der Waals surface area contributed by atoms with Gasteiger partial charge in [-0.1, -0.05) is 19.0 Å². The van der Waals surface area contributed by atoms with Gasteiger partial charge < -0.3 is 9.26 Å². The lowest BCUT2D eigenvalue weighted by atomic mass is 10.2. The minimum atomic E-state index is -0.391. The monoisotopic (exact) mass is 334 g/mol. The van der Waals surface area contributed by atoms with Gasteiger partial charge in [0.05, 0.1) is 5.69 Å². The lowest BCUT2D eigenvalue weighted by Gasteiger charge is -2.04. The number of thiophene rings is 1. The average molecular weight is 334 g/mol. The van der Waals surface area contributed by atoms with E-state index in [2.05, 4.69) is 29.1 Å². The van der Waals surface area contributed by atoms with Gasteiger partial charge in [-0.3, -0.25) is 4.68 Å². The number of carbonyl (C=O) groups is 1. The number of aromatic nitrogens is 4. The maximum atomic E-state index is 12.2. The zero-order valence-corrected chi connectivity index (χ0v) is 14.3. The third-order valence-corrected chi connectivity index (χ3v) is 4.37. The summed E-state index contributed by atoms with van der Waals surface area (Å²) in [6.45, 7) is 8.73. The summed E-state index contributed by atoms with van der Waals surface area (Å²) in [6, 6.07) is 1.83. The van der Waals surface area contributed by atoms with Crippen LogP contribution in [0.1, 0.15) is 40.9 Å². The second-order valence-corrected chi connectivity index (χ2v) is 6.83. The molecule has 0 radical (unpaired) electrons. The molecule has 3 aromatic rings. The van der Waals surface area contributed by atoms with Gasteiger partial charge in [0.15, 0.2) is 12.4 Å². The molecule has 0 aliphatic carbocycles. The highest BCUT2D eigenvalue weighted by Gasteiger charge is 2.18. The van der Waals surface area contributed by atoms with E-state index in [1.165, 1.54) is 11.3 Å². The maximum Gasteiger partial charge on any atom is 0.348 e. The fourth-order valence-electron chi connectivity index (χ4n) is 2.28. The van der Waals surface area contributed by atoms with Crippen molar-refractivity contribution in [2.75, 3.05) is 0 Å². The van der Waals surface area contributed by atoms with Crippen molar-refractivity contribution >= 4 is 27.5 Å². The van der Waals surface area contributed by atoms with E-state index >= 15 is 0 Å². The third-order valence-electron chi connectivity index (χ3n) is 3.24. The van der Waals surface area contributed by atoms with E-state index in [-0.39, 0.29) is 6.61 Å². The first-order valence-electron chi connectivity index (χ1n) is 7.37. The molecule has 0 atom stereocenters. The fraction of sp³-hybridized carbons (Fsp3) is 0.467. The molecule has 0 spiro atoms. The van der Waals surface area contributed by atoms with Crippen LogP contribution >= 0.6 is 11.3 Å². The minimum Gasteiger partial charge on any atom is -0.451 e. The van der Waals surface area contributed by atoms with Crippen molar-refractivity contribution in [2.24, 2.45) is 5.92 Å². The Labute approximate surface area is 137 Å². The fourth-order valence-corrected chi connectivity index (χ4v) is 3.34. The zero-order chi connectivity index (χ0) is 16.6. The van der Waals surface area contributed by atoms with Gasteiger partial charge in [0.1, 0.15) is 9.71 Å².